The van der Waals surface area contributed by atoms with Gasteiger partial charge in [-0.1, -0.05) is 58.4 Å². The summed E-state index contributed by atoms with van der Waals surface area (Å²) < 4.78 is 13.1. The van der Waals surface area contributed by atoms with E-state index in [1.807, 2.05) is 60.7 Å². The fourth-order valence-electron chi connectivity index (χ4n) is 5.17. The van der Waals surface area contributed by atoms with Gasteiger partial charge in [0.05, 0.1) is 7.11 Å². The van der Waals surface area contributed by atoms with E-state index < -0.39 is 11.2 Å². The molecule has 1 aliphatic heterocycles. The molecule has 1 aliphatic carbocycles. The third kappa shape index (κ3) is 2.51. The summed E-state index contributed by atoms with van der Waals surface area (Å²) in [5.74, 6) is 1.12. The van der Waals surface area contributed by atoms with Crippen molar-refractivity contribution < 1.29 is 14.6 Å². The number of rotatable bonds is 3. The van der Waals surface area contributed by atoms with Crippen molar-refractivity contribution in [3.05, 3.63) is 94.0 Å². The second kappa shape index (κ2) is 6.59. The molecule has 2 aliphatic rings. The van der Waals surface area contributed by atoms with Gasteiger partial charge in [0.1, 0.15) is 17.1 Å². The van der Waals surface area contributed by atoms with Gasteiger partial charge in [-0.3, -0.25) is 0 Å². The normalized spacial score (nSPS) is 29.8. The zero-order valence-corrected chi connectivity index (χ0v) is 17.6. The molecular weight excluding hydrogens is 430 g/mol. The van der Waals surface area contributed by atoms with Gasteiger partial charge in [0.25, 0.3) is 0 Å². The Morgan fingerprint density at radius 1 is 1.07 bits per heavy atom. The maximum absolute atomic E-state index is 12.2. The van der Waals surface area contributed by atoms with E-state index in [2.05, 4.69) is 28.1 Å². The van der Waals surface area contributed by atoms with Crippen LogP contribution in [0.3, 0.4) is 0 Å². The van der Waals surface area contributed by atoms with Gasteiger partial charge in [-0.15, -0.1) is 0 Å². The van der Waals surface area contributed by atoms with Gasteiger partial charge in [0.15, 0.2) is 5.60 Å². The minimum Gasteiger partial charge on any atom is -0.497 e. The van der Waals surface area contributed by atoms with Crippen LogP contribution in [-0.4, -0.2) is 18.3 Å². The summed E-state index contributed by atoms with van der Waals surface area (Å²) in [5, 5.41) is 12.2. The molecule has 29 heavy (non-hydrogen) atoms. The van der Waals surface area contributed by atoms with Gasteiger partial charge in [-0.2, -0.15) is 0 Å². The number of aliphatic hydroxyl groups is 1. The lowest BCUT2D eigenvalue weighted by molar-refractivity contribution is -0.105. The van der Waals surface area contributed by atoms with Gasteiger partial charge < -0.3 is 20.3 Å². The van der Waals surface area contributed by atoms with E-state index >= 15 is 0 Å². The third-order valence-electron chi connectivity index (χ3n) is 6.35. The molecule has 3 unspecified atom stereocenters. The van der Waals surface area contributed by atoms with Crippen molar-refractivity contribution in [2.75, 3.05) is 7.11 Å². The first-order valence-electron chi connectivity index (χ1n) is 9.66. The van der Waals surface area contributed by atoms with E-state index in [4.69, 9.17) is 15.2 Å². The molecule has 4 atom stereocenters. The highest BCUT2D eigenvalue weighted by Crippen LogP contribution is 2.66. The molecule has 3 aromatic rings. The molecule has 1 heterocycles. The second-order valence-corrected chi connectivity index (χ2v) is 8.74. The molecule has 5 heteroatoms. The van der Waals surface area contributed by atoms with Gasteiger partial charge in [-0.25, -0.2) is 0 Å². The lowest BCUT2D eigenvalue weighted by atomic mass is 9.71. The van der Waals surface area contributed by atoms with Crippen LogP contribution >= 0.6 is 15.9 Å². The van der Waals surface area contributed by atoms with Crippen LogP contribution in [0.2, 0.25) is 0 Å². The predicted octanol–water partition coefficient (Wildman–Crippen LogP) is 4.45. The lowest BCUT2D eigenvalue weighted by Crippen LogP contribution is -2.48. The van der Waals surface area contributed by atoms with Crippen LogP contribution in [0.4, 0.5) is 0 Å². The topological polar surface area (TPSA) is 64.7 Å². The Bertz CT molecular complexity index is 1060. The van der Waals surface area contributed by atoms with Crippen LogP contribution in [0.15, 0.2) is 77.3 Å². The monoisotopic (exact) mass is 451 g/mol. The summed E-state index contributed by atoms with van der Waals surface area (Å²) in [6.07, 6.45) is 0.405. The Balaban J connectivity index is 1.78. The van der Waals surface area contributed by atoms with Gasteiger partial charge >= 0.3 is 0 Å². The number of nitrogens with two attached hydrogens (primary N) is 1. The van der Waals surface area contributed by atoms with Crippen molar-refractivity contribution in [1.29, 1.82) is 0 Å². The van der Waals surface area contributed by atoms with Crippen LogP contribution in [0.1, 0.15) is 29.0 Å². The molecule has 0 saturated heterocycles. The van der Waals surface area contributed by atoms with Crippen LogP contribution < -0.4 is 15.2 Å². The highest BCUT2D eigenvalue weighted by molar-refractivity contribution is 9.10. The SMILES string of the molecule is COc1ccc2c(c1)O[C@@]1(c3ccc(Br)cc3)C(c3ccccc3)C(N)CC21O. The molecule has 3 aromatic carbocycles. The predicted molar refractivity (Wildman–Crippen MR) is 115 cm³/mol. The fraction of sp³-hybridized carbons (Fsp3) is 0.250. The number of hydrogen-bond donors (Lipinski definition) is 2. The van der Waals surface area contributed by atoms with Crippen molar-refractivity contribution >= 4 is 15.9 Å². The van der Waals surface area contributed by atoms with E-state index in [0.29, 0.717) is 17.9 Å². The van der Waals surface area contributed by atoms with Gasteiger partial charge in [0.2, 0.25) is 0 Å². The van der Waals surface area contributed by atoms with Crippen molar-refractivity contribution in [1.82, 2.24) is 0 Å². The average Bonchev–Trinajstić information content (AvgIpc) is 3.11. The Kier molecular flexibility index (Phi) is 4.24. The zero-order valence-electron chi connectivity index (χ0n) is 16.0. The molecule has 1 saturated carbocycles. The molecule has 0 amide bonds. The van der Waals surface area contributed by atoms with Crippen LogP contribution in [0.5, 0.6) is 11.5 Å². The van der Waals surface area contributed by atoms with Crippen LogP contribution in [0, 0.1) is 0 Å². The van der Waals surface area contributed by atoms with E-state index in [9.17, 15) is 5.11 Å². The maximum Gasteiger partial charge on any atom is 0.175 e. The highest BCUT2D eigenvalue weighted by atomic mass is 79.9. The lowest BCUT2D eigenvalue weighted by Gasteiger charge is -2.40. The molecule has 5 rings (SSSR count). The number of benzene rings is 3. The molecule has 0 spiro atoms. The summed E-state index contributed by atoms with van der Waals surface area (Å²) in [6.45, 7) is 0. The van der Waals surface area contributed by atoms with Gasteiger partial charge in [0, 0.05) is 34.5 Å². The van der Waals surface area contributed by atoms with E-state index in [1.165, 1.54) is 0 Å². The van der Waals surface area contributed by atoms with Crippen LogP contribution in [-0.2, 0) is 11.2 Å². The first-order chi connectivity index (χ1) is 14.0. The standard InChI is InChI=1S/C24H22BrNO3/c1-28-18-11-12-19-21(13-18)29-24(16-7-9-17(25)10-8-16)22(15-5-3-2-4-6-15)20(26)14-23(19,24)27/h2-13,20,22,27H,14,26H2,1H3/t20?,22?,23?,24-/m0/s1. The smallest absolute Gasteiger partial charge is 0.175 e. The van der Waals surface area contributed by atoms with Crippen molar-refractivity contribution in [2.24, 2.45) is 5.73 Å². The molecule has 0 radical (unpaired) electrons. The molecule has 4 nitrogen and oxygen atoms in total. The fourth-order valence-corrected chi connectivity index (χ4v) is 5.44. The largest absolute Gasteiger partial charge is 0.497 e. The van der Waals surface area contributed by atoms with Crippen molar-refractivity contribution in [3.63, 3.8) is 0 Å². The number of halogens is 1. The molecule has 0 bridgehead atoms. The van der Waals surface area contributed by atoms with Crippen molar-refractivity contribution in [2.45, 2.75) is 29.6 Å². The minimum atomic E-state index is -1.25. The zero-order chi connectivity index (χ0) is 20.2. The highest BCUT2D eigenvalue weighted by Gasteiger charge is 2.70. The first-order valence-corrected chi connectivity index (χ1v) is 10.5. The Hall–Kier alpha value is -2.34. The maximum atomic E-state index is 12.2. The number of ether oxygens (including phenoxy) is 2. The second-order valence-electron chi connectivity index (χ2n) is 7.82. The van der Waals surface area contributed by atoms with E-state index in [1.54, 1.807) is 7.11 Å². The molecule has 3 N–H and O–H groups in total. The molecular formula is C24H22BrNO3. The summed E-state index contributed by atoms with van der Waals surface area (Å²) in [5.41, 5.74) is 7.12. The van der Waals surface area contributed by atoms with Gasteiger partial charge in [-0.05, 0) is 35.4 Å². The van der Waals surface area contributed by atoms with E-state index in [0.717, 1.165) is 21.2 Å². The summed E-state index contributed by atoms with van der Waals surface area (Å²) in [6, 6.07) is 23.4. The van der Waals surface area contributed by atoms with E-state index in [-0.39, 0.29) is 12.0 Å². The van der Waals surface area contributed by atoms with Crippen molar-refractivity contribution in [3.8, 4) is 11.5 Å². The number of methoxy groups -OCH3 is 1. The Morgan fingerprint density at radius 2 is 1.79 bits per heavy atom. The number of fused-ring (bicyclic) bond motifs is 3. The molecule has 148 valence electrons. The number of hydrogen-bond acceptors (Lipinski definition) is 4. The van der Waals surface area contributed by atoms with Crippen LogP contribution in [0.25, 0.3) is 0 Å². The first kappa shape index (κ1) is 18.7. The Morgan fingerprint density at radius 3 is 2.48 bits per heavy atom. The minimum absolute atomic E-state index is 0.215. The molecule has 0 aromatic heterocycles. The average molecular weight is 452 g/mol. The summed E-state index contributed by atoms with van der Waals surface area (Å²) in [7, 11) is 1.62. The molecule has 1 fully saturated rings. The quantitative estimate of drug-likeness (QED) is 0.617. The third-order valence-corrected chi connectivity index (χ3v) is 6.88. The summed E-state index contributed by atoms with van der Waals surface area (Å²) >= 11 is 3.51. The summed E-state index contributed by atoms with van der Waals surface area (Å²) in [4.78, 5) is 0. The Labute approximate surface area is 178 Å².